The summed E-state index contributed by atoms with van der Waals surface area (Å²) < 4.78 is 0. The molecule has 0 saturated heterocycles. The molecule has 1 amide bonds. The van der Waals surface area contributed by atoms with Crippen molar-refractivity contribution >= 4 is 23.1 Å². The summed E-state index contributed by atoms with van der Waals surface area (Å²) in [6.07, 6.45) is 3.87. The number of thiocarbonyl (C=S) groups is 1. The molecular formula is C12H17N3OS. The van der Waals surface area contributed by atoms with Gasteiger partial charge in [-0.05, 0) is 31.9 Å². The summed E-state index contributed by atoms with van der Waals surface area (Å²) in [5.74, 6) is -0.210. The zero-order chi connectivity index (χ0) is 13.1. The van der Waals surface area contributed by atoms with Crippen LogP contribution < -0.4 is 11.1 Å². The van der Waals surface area contributed by atoms with Crippen LogP contribution in [0.25, 0.3) is 0 Å². The zero-order valence-electron chi connectivity index (χ0n) is 10.3. The fraction of sp³-hybridized carbons (Fsp3) is 0.417. The summed E-state index contributed by atoms with van der Waals surface area (Å²) >= 11 is 4.97. The molecule has 1 atom stereocenters. The van der Waals surface area contributed by atoms with Crippen molar-refractivity contribution in [3.8, 4) is 0 Å². The van der Waals surface area contributed by atoms with Crippen molar-refractivity contribution < 1.29 is 4.79 Å². The average Bonchev–Trinajstić information content (AvgIpc) is 2.28. The van der Waals surface area contributed by atoms with Crippen LogP contribution in [0.5, 0.6) is 0 Å². The van der Waals surface area contributed by atoms with Crippen molar-refractivity contribution in [2.75, 3.05) is 0 Å². The van der Waals surface area contributed by atoms with Crippen LogP contribution in [-0.4, -0.2) is 21.4 Å². The lowest BCUT2D eigenvalue weighted by atomic mass is 9.98. The third kappa shape index (κ3) is 3.23. The van der Waals surface area contributed by atoms with E-state index in [4.69, 9.17) is 18.0 Å². The van der Waals surface area contributed by atoms with Gasteiger partial charge in [0, 0.05) is 12.4 Å². The molecule has 0 aliphatic carbocycles. The second-order valence-corrected chi connectivity index (χ2v) is 4.69. The van der Waals surface area contributed by atoms with Gasteiger partial charge in [-0.25, -0.2) is 0 Å². The van der Waals surface area contributed by atoms with Gasteiger partial charge in [-0.3, -0.25) is 9.78 Å². The molecule has 4 nitrogen and oxygen atoms in total. The first-order valence-electron chi connectivity index (χ1n) is 5.43. The quantitative estimate of drug-likeness (QED) is 0.797. The van der Waals surface area contributed by atoms with Crippen molar-refractivity contribution in [1.82, 2.24) is 10.3 Å². The van der Waals surface area contributed by atoms with Crippen LogP contribution in [0.1, 0.15) is 36.2 Å². The number of hydrogen-bond donors (Lipinski definition) is 2. The highest BCUT2D eigenvalue weighted by Crippen LogP contribution is 2.11. The Morgan fingerprint density at radius 1 is 1.59 bits per heavy atom. The first-order valence-corrected chi connectivity index (χ1v) is 5.84. The highest BCUT2D eigenvalue weighted by Gasteiger charge is 2.27. The standard InChI is InChI=1S/C12H17N3OS/c1-4-12(3,11(13)17)15-10(16)9-5-8(2)6-14-7-9/h5-7H,4H2,1-3H3,(H2,13,17)(H,15,16). The minimum atomic E-state index is -0.657. The van der Waals surface area contributed by atoms with Crippen LogP contribution in [0.2, 0.25) is 0 Å². The summed E-state index contributed by atoms with van der Waals surface area (Å²) in [5, 5.41) is 2.84. The molecule has 0 bridgehead atoms. The Hall–Kier alpha value is -1.49. The number of aromatic nitrogens is 1. The summed E-state index contributed by atoms with van der Waals surface area (Å²) in [5.41, 5.74) is 6.43. The Balaban J connectivity index is 2.89. The van der Waals surface area contributed by atoms with Crippen molar-refractivity contribution in [3.05, 3.63) is 29.6 Å². The number of carbonyl (C=O) groups is 1. The van der Waals surface area contributed by atoms with Crippen molar-refractivity contribution in [1.29, 1.82) is 0 Å². The number of carbonyl (C=O) groups excluding carboxylic acids is 1. The van der Waals surface area contributed by atoms with E-state index in [9.17, 15) is 4.79 Å². The topological polar surface area (TPSA) is 68.0 Å². The second-order valence-electron chi connectivity index (χ2n) is 4.26. The third-order valence-electron chi connectivity index (χ3n) is 2.78. The fourth-order valence-electron chi connectivity index (χ4n) is 1.33. The summed E-state index contributed by atoms with van der Waals surface area (Å²) in [6.45, 7) is 5.63. The average molecular weight is 251 g/mol. The Morgan fingerprint density at radius 2 is 2.24 bits per heavy atom. The Kier molecular flexibility index (Phi) is 4.17. The predicted octanol–water partition coefficient (Wildman–Crippen LogP) is 1.57. The first kappa shape index (κ1) is 13.6. The highest BCUT2D eigenvalue weighted by atomic mass is 32.1. The fourth-order valence-corrected chi connectivity index (χ4v) is 1.52. The molecule has 17 heavy (non-hydrogen) atoms. The van der Waals surface area contributed by atoms with E-state index in [0.717, 1.165) is 5.56 Å². The van der Waals surface area contributed by atoms with E-state index in [2.05, 4.69) is 10.3 Å². The summed E-state index contributed by atoms with van der Waals surface area (Å²) in [6, 6.07) is 1.78. The minimum absolute atomic E-state index is 0.210. The number of amides is 1. The van der Waals surface area contributed by atoms with Gasteiger partial charge < -0.3 is 11.1 Å². The number of aryl methyl sites for hydroxylation is 1. The lowest BCUT2D eigenvalue weighted by Gasteiger charge is -2.28. The van der Waals surface area contributed by atoms with Gasteiger partial charge in [-0.2, -0.15) is 0 Å². The zero-order valence-corrected chi connectivity index (χ0v) is 11.1. The Labute approximate surface area is 107 Å². The lowest BCUT2D eigenvalue weighted by molar-refractivity contribution is 0.0926. The lowest BCUT2D eigenvalue weighted by Crippen LogP contribution is -2.54. The van der Waals surface area contributed by atoms with Crippen molar-refractivity contribution in [2.24, 2.45) is 5.73 Å². The summed E-state index contributed by atoms with van der Waals surface area (Å²) in [7, 11) is 0. The van der Waals surface area contributed by atoms with Gasteiger partial charge in [0.25, 0.3) is 5.91 Å². The summed E-state index contributed by atoms with van der Waals surface area (Å²) in [4.78, 5) is 16.3. The number of rotatable bonds is 4. The van der Waals surface area contributed by atoms with Crippen LogP contribution in [0.3, 0.4) is 0 Å². The van der Waals surface area contributed by atoms with Crippen LogP contribution >= 0.6 is 12.2 Å². The largest absolute Gasteiger partial charge is 0.391 e. The van der Waals surface area contributed by atoms with Crippen molar-refractivity contribution in [2.45, 2.75) is 32.7 Å². The van der Waals surface area contributed by atoms with E-state index in [-0.39, 0.29) is 10.9 Å². The van der Waals surface area contributed by atoms with E-state index in [1.54, 1.807) is 12.3 Å². The third-order valence-corrected chi connectivity index (χ3v) is 3.23. The maximum Gasteiger partial charge on any atom is 0.253 e. The molecule has 0 saturated carbocycles. The monoisotopic (exact) mass is 251 g/mol. The van der Waals surface area contributed by atoms with E-state index < -0.39 is 5.54 Å². The molecule has 0 aliphatic heterocycles. The molecule has 0 spiro atoms. The van der Waals surface area contributed by atoms with Gasteiger partial charge in [0.15, 0.2) is 0 Å². The first-order chi connectivity index (χ1) is 7.89. The van der Waals surface area contributed by atoms with E-state index >= 15 is 0 Å². The molecule has 1 aromatic heterocycles. The van der Waals surface area contributed by atoms with Crippen LogP contribution in [0.15, 0.2) is 18.5 Å². The van der Waals surface area contributed by atoms with Crippen LogP contribution in [0.4, 0.5) is 0 Å². The number of nitrogens with zero attached hydrogens (tertiary/aromatic N) is 1. The molecule has 0 aliphatic rings. The van der Waals surface area contributed by atoms with Gasteiger partial charge in [0.05, 0.1) is 16.1 Å². The normalized spacial score (nSPS) is 13.8. The maximum absolute atomic E-state index is 12.0. The molecule has 0 radical (unpaired) electrons. The molecule has 1 rings (SSSR count). The molecule has 0 fully saturated rings. The second kappa shape index (κ2) is 5.23. The molecular weight excluding hydrogens is 234 g/mol. The molecule has 1 heterocycles. The molecule has 3 N–H and O–H groups in total. The number of pyridine rings is 1. The Morgan fingerprint density at radius 3 is 2.71 bits per heavy atom. The van der Waals surface area contributed by atoms with Gasteiger partial charge in [-0.15, -0.1) is 0 Å². The van der Waals surface area contributed by atoms with E-state index in [1.165, 1.54) is 6.20 Å². The SMILES string of the molecule is CCC(C)(NC(=O)c1cncc(C)c1)C(N)=S. The smallest absolute Gasteiger partial charge is 0.253 e. The highest BCUT2D eigenvalue weighted by molar-refractivity contribution is 7.80. The van der Waals surface area contributed by atoms with Crippen LogP contribution in [-0.2, 0) is 0 Å². The Bertz CT molecular complexity index is 447. The van der Waals surface area contributed by atoms with Gasteiger partial charge >= 0.3 is 0 Å². The van der Waals surface area contributed by atoms with Gasteiger partial charge in [0.1, 0.15) is 0 Å². The molecule has 0 aromatic carbocycles. The van der Waals surface area contributed by atoms with Gasteiger partial charge in [-0.1, -0.05) is 19.1 Å². The van der Waals surface area contributed by atoms with Crippen LogP contribution in [0, 0.1) is 6.92 Å². The molecule has 1 aromatic rings. The minimum Gasteiger partial charge on any atom is -0.391 e. The predicted molar refractivity (Wildman–Crippen MR) is 71.9 cm³/mol. The molecule has 5 heteroatoms. The van der Waals surface area contributed by atoms with Crippen molar-refractivity contribution in [3.63, 3.8) is 0 Å². The number of nitrogens with one attached hydrogen (secondary N) is 1. The van der Waals surface area contributed by atoms with Gasteiger partial charge in [0.2, 0.25) is 0 Å². The maximum atomic E-state index is 12.0. The number of nitrogens with two attached hydrogens (primary N) is 1. The molecule has 92 valence electrons. The van der Waals surface area contributed by atoms with E-state index in [1.807, 2.05) is 20.8 Å². The number of hydrogen-bond acceptors (Lipinski definition) is 3. The van der Waals surface area contributed by atoms with E-state index in [0.29, 0.717) is 12.0 Å². The molecule has 1 unspecified atom stereocenters.